The van der Waals surface area contributed by atoms with Gasteiger partial charge in [-0.2, -0.15) is 0 Å². The number of hydrogen-bond acceptors (Lipinski definition) is 5. The Bertz CT molecular complexity index is 826. The van der Waals surface area contributed by atoms with Crippen molar-refractivity contribution in [3.63, 3.8) is 0 Å². The molecular formula is C21H23NO4. The Labute approximate surface area is 153 Å². The zero-order valence-corrected chi connectivity index (χ0v) is 15.3. The first-order chi connectivity index (χ1) is 12.5. The van der Waals surface area contributed by atoms with Gasteiger partial charge in [0, 0.05) is 11.8 Å². The van der Waals surface area contributed by atoms with Crippen molar-refractivity contribution in [2.45, 2.75) is 19.8 Å². The number of aromatic hydroxyl groups is 1. The first kappa shape index (κ1) is 19.2. The number of nitrogens with zero attached hydrogens (tertiary/aromatic N) is 1. The van der Waals surface area contributed by atoms with E-state index in [9.17, 15) is 9.90 Å². The number of methoxy groups -OCH3 is 2. The lowest BCUT2D eigenvalue weighted by Gasteiger charge is -2.16. The molecule has 0 aliphatic heterocycles. The van der Waals surface area contributed by atoms with Crippen LogP contribution in [-0.2, 0) is 11.2 Å². The fourth-order valence-corrected chi connectivity index (χ4v) is 2.56. The lowest BCUT2D eigenvalue weighted by molar-refractivity contribution is 0.0597. The molecule has 2 rings (SSSR count). The minimum absolute atomic E-state index is 0.109. The third-order valence-corrected chi connectivity index (χ3v) is 3.93. The van der Waals surface area contributed by atoms with Crippen molar-refractivity contribution in [3.05, 3.63) is 65.0 Å². The van der Waals surface area contributed by atoms with Crippen molar-refractivity contribution in [3.8, 4) is 11.5 Å². The van der Waals surface area contributed by atoms with Gasteiger partial charge in [-0.1, -0.05) is 17.7 Å². The molecule has 0 spiro atoms. The molecule has 0 fully saturated rings. The van der Waals surface area contributed by atoms with Crippen molar-refractivity contribution in [2.75, 3.05) is 14.2 Å². The number of rotatable bonds is 7. The minimum atomic E-state index is -0.609. The lowest BCUT2D eigenvalue weighted by Crippen LogP contribution is -2.07. The molecule has 0 aliphatic carbocycles. The van der Waals surface area contributed by atoms with Crippen LogP contribution < -0.4 is 4.74 Å². The van der Waals surface area contributed by atoms with Gasteiger partial charge in [0.15, 0.2) is 0 Å². The van der Waals surface area contributed by atoms with Gasteiger partial charge in [-0.15, -0.1) is 6.58 Å². The Kier molecular flexibility index (Phi) is 6.55. The van der Waals surface area contributed by atoms with Crippen LogP contribution in [0, 0.1) is 0 Å². The molecule has 1 heterocycles. The second-order valence-corrected chi connectivity index (χ2v) is 5.91. The fourth-order valence-electron chi connectivity index (χ4n) is 2.56. The number of ether oxygens (including phenoxy) is 2. The van der Waals surface area contributed by atoms with Crippen molar-refractivity contribution >= 4 is 18.1 Å². The molecule has 0 saturated heterocycles. The summed E-state index contributed by atoms with van der Waals surface area (Å²) < 4.78 is 10.3. The molecule has 136 valence electrons. The summed E-state index contributed by atoms with van der Waals surface area (Å²) in [6.45, 7) is 5.79. The topological polar surface area (TPSA) is 68.7 Å². The SMILES string of the molecule is C=C(C)CCc1c(OC)cc(/C=C/c2ccccn2)c(C(=O)OC)c1O. The highest BCUT2D eigenvalue weighted by Crippen LogP contribution is 2.37. The van der Waals surface area contributed by atoms with Gasteiger partial charge in [0.25, 0.3) is 0 Å². The molecule has 0 radical (unpaired) electrons. The normalized spacial score (nSPS) is 10.7. The third-order valence-electron chi connectivity index (χ3n) is 3.93. The molecule has 1 N–H and O–H groups in total. The summed E-state index contributed by atoms with van der Waals surface area (Å²) in [7, 11) is 2.81. The molecular weight excluding hydrogens is 330 g/mol. The maximum absolute atomic E-state index is 12.3. The molecule has 0 saturated carbocycles. The average Bonchev–Trinajstić information content (AvgIpc) is 2.65. The van der Waals surface area contributed by atoms with Gasteiger partial charge in [0.2, 0.25) is 0 Å². The maximum Gasteiger partial charge on any atom is 0.342 e. The van der Waals surface area contributed by atoms with Crippen LogP contribution in [0.2, 0.25) is 0 Å². The van der Waals surface area contributed by atoms with Gasteiger partial charge in [0.1, 0.15) is 17.1 Å². The summed E-state index contributed by atoms with van der Waals surface area (Å²) in [4.78, 5) is 16.5. The van der Waals surface area contributed by atoms with E-state index < -0.39 is 5.97 Å². The summed E-state index contributed by atoms with van der Waals surface area (Å²) in [5.74, 6) is -0.224. The van der Waals surface area contributed by atoms with Gasteiger partial charge in [-0.05, 0) is 49.6 Å². The van der Waals surface area contributed by atoms with E-state index in [0.717, 1.165) is 11.3 Å². The van der Waals surface area contributed by atoms with E-state index in [2.05, 4.69) is 11.6 Å². The predicted molar refractivity (Wildman–Crippen MR) is 102 cm³/mol. The van der Waals surface area contributed by atoms with Gasteiger partial charge >= 0.3 is 5.97 Å². The van der Waals surface area contributed by atoms with Crippen LogP contribution in [0.5, 0.6) is 11.5 Å². The minimum Gasteiger partial charge on any atom is -0.507 e. The van der Waals surface area contributed by atoms with Crippen LogP contribution in [-0.4, -0.2) is 30.3 Å². The number of carbonyl (C=O) groups excluding carboxylic acids is 1. The number of pyridine rings is 1. The highest BCUT2D eigenvalue weighted by atomic mass is 16.5. The summed E-state index contributed by atoms with van der Waals surface area (Å²) in [5, 5.41) is 10.7. The van der Waals surface area contributed by atoms with E-state index >= 15 is 0 Å². The summed E-state index contributed by atoms with van der Waals surface area (Å²) in [5.41, 5.74) is 2.87. The van der Waals surface area contributed by atoms with Crippen LogP contribution in [0.15, 0.2) is 42.6 Å². The standard InChI is InChI=1S/C21H23NO4/c1-14(2)8-11-17-18(25-3)13-15(19(20(17)23)21(24)26-4)9-10-16-7-5-6-12-22-16/h5-7,9-10,12-13,23H,1,8,11H2,2-4H3/b10-9+. The molecule has 0 atom stereocenters. The van der Waals surface area contributed by atoms with Gasteiger partial charge in [-0.25, -0.2) is 4.79 Å². The molecule has 1 aromatic carbocycles. The second kappa shape index (κ2) is 8.85. The molecule has 2 aromatic rings. The summed E-state index contributed by atoms with van der Waals surface area (Å²) in [6.07, 6.45) is 6.33. The number of benzene rings is 1. The Balaban J connectivity index is 2.55. The average molecular weight is 353 g/mol. The Morgan fingerprint density at radius 2 is 2.08 bits per heavy atom. The molecule has 5 nitrogen and oxygen atoms in total. The number of carbonyl (C=O) groups is 1. The monoisotopic (exact) mass is 353 g/mol. The Morgan fingerprint density at radius 1 is 1.31 bits per heavy atom. The van der Waals surface area contributed by atoms with E-state index in [1.165, 1.54) is 14.2 Å². The van der Waals surface area contributed by atoms with E-state index in [0.29, 0.717) is 29.7 Å². The van der Waals surface area contributed by atoms with E-state index in [1.807, 2.05) is 25.1 Å². The first-order valence-corrected chi connectivity index (χ1v) is 8.22. The first-order valence-electron chi connectivity index (χ1n) is 8.22. The van der Waals surface area contributed by atoms with Gasteiger partial charge in [-0.3, -0.25) is 4.98 Å². The highest BCUT2D eigenvalue weighted by Gasteiger charge is 2.22. The lowest BCUT2D eigenvalue weighted by atomic mass is 9.96. The quantitative estimate of drug-likeness (QED) is 0.595. The van der Waals surface area contributed by atoms with Crippen LogP contribution in [0.1, 0.15) is 40.5 Å². The molecule has 26 heavy (non-hydrogen) atoms. The predicted octanol–water partition coefficient (Wildman–Crippen LogP) is 4.26. The van der Waals surface area contributed by atoms with Crippen molar-refractivity contribution in [1.82, 2.24) is 4.98 Å². The molecule has 1 aromatic heterocycles. The third kappa shape index (κ3) is 4.51. The summed E-state index contributed by atoms with van der Waals surface area (Å²) >= 11 is 0. The van der Waals surface area contributed by atoms with Crippen molar-refractivity contribution < 1.29 is 19.4 Å². The zero-order valence-electron chi connectivity index (χ0n) is 15.3. The second-order valence-electron chi connectivity index (χ2n) is 5.91. The number of esters is 1. The van der Waals surface area contributed by atoms with Gasteiger partial charge in [0.05, 0.1) is 19.9 Å². The number of phenols is 1. The van der Waals surface area contributed by atoms with E-state index in [1.54, 1.807) is 24.4 Å². The van der Waals surface area contributed by atoms with Crippen LogP contribution >= 0.6 is 0 Å². The van der Waals surface area contributed by atoms with Crippen LogP contribution in [0.25, 0.3) is 12.2 Å². The molecule has 0 amide bonds. The number of allylic oxidation sites excluding steroid dienone is 1. The van der Waals surface area contributed by atoms with Crippen molar-refractivity contribution in [1.29, 1.82) is 0 Å². The number of hydrogen-bond donors (Lipinski definition) is 1. The van der Waals surface area contributed by atoms with E-state index in [-0.39, 0.29) is 11.3 Å². The van der Waals surface area contributed by atoms with Crippen molar-refractivity contribution in [2.24, 2.45) is 0 Å². The molecule has 5 heteroatoms. The Hall–Kier alpha value is -3.08. The molecule has 0 bridgehead atoms. The number of phenolic OH excluding ortho intramolecular Hbond substituents is 1. The molecule has 0 aliphatic rings. The maximum atomic E-state index is 12.3. The van der Waals surface area contributed by atoms with E-state index in [4.69, 9.17) is 9.47 Å². The Morgan fingerprint density at radius 3 is 2.65 bits per heavy atom. The summed E-state index contributed by atoms with van der Waals surface area (Å²) in [6, 6.07) is 7.25. The molecule has 0 unspecified atom stereocenters. The van der Waals surface area contributed by atoms with Crippen LogP contribution in [0.4, 0.5) is 0 Å². The van der Waals surface area contributed by atoms with Crippen LogP contribution in [0.3, 0.4) is 0 Å². The fraction of sp³-hybridized carbons (Fsp3) is 0.238. The smallest absolute Gasteiger partial charge is 0.342 e. The highest BCUT2D eigenvalue weighted by molar-refractivity contribution is 5.98. The largest absolute Gasteiger partial charge is 0.507 e. The van der Waals surface area contributed by atoms with Gasteiger partial charge < -0.3 is 14.6 Å². The number of aromatic nitrogens is 1. The zero-order chi connectivity index (χ0) is 19.1.